The normalized spacial score (nSPS) is 22.9. The largest absolute Gasteiger partial charge is 0.493 e. The van der Waals surface area contributed by atoms with Crippen molar-refractivity contribution < 1.29 is 13.2 Å². The van der Waals surface area contributed by atoms with Gasteiger partial charge in [-0.2, -0.15) is 0 Å². The summed E-state index contributed by atoms with van der Waals surface area (Å²) < 4.78 is 29.3. The molecule has 1 fully saturated rings. The first-order valence-electron chi connectivity index (χ1n) is 10.0. The van der Waals surface area contributed by atoms with Gasteiger partial charge in [0.25, 0.3) is 0 Å². The third-order valence-corrected chi connectivity index (χ3v) is 7.44. The number of nitrogens with zero attached hydrogens (tertiary/aromatic N) is 1. The molecule has 1 aliphatic heterocycles. The molecule has 4 nitrogen and oxygen atoms in total. The fraction of sp³-hybridized carbons (Fsp3) is 0.714. The highest BCUT2D eigenvalue weighted by Gasteiger charge is 2.29. The lowest BCUT2D eigenvalue weighted by Gasteiger charge is -2.21. The fourth-order valence-electron chi connectivity index (χ4n) is 3.49. The van der Waals surface area contributed by atoms with E-state index in [-0.39, 0.29) is 0 Å². The second-order valence-electron chi connectivity index (χ2n) is 8.09. The molecule has 0 bridgehead atoms. The minimum absolute atomic E-state index is 0.561. The van der Waals surface area contributed by atoms with Crippen LogP contribution in [0.3, 0.4) is 0 Å². The number of hydrogen-bond donors (Lipinski definition) is 0. The Bertz CT molecular complexity index is 618. The molecule has 6 heteroatoms. The number of ether oxygens (including phenoxy) is 1. The molecule has 1 aromatic carbocycles. The van der Waals surface area contributed by atoms with Crippen molar-refractivity contribution in [3.8, 4) is 5.75 Å². The maximum absolute atomic E-state index is 12.3. The van der Waals surface area contributed by atoms with Gasteiger partial charge in [-0.3, -0.25) is 8.42 Å². The lowest BCUT2D eigenvalue weighted by Crippen LogP contribution is -2.29. The van der Waals surface area contributed by atoms with Crippen molar-refractivity contribution in [3.63, 3.8) is 0 Å². The Kier molecular flexibility index (Phi) is 9.46. The molecule has 27 heavy (non-hydrogen) atoms. The Hall–Kier alpha value is -0.720. The summed E-state index contributed by atoms with van der Waals surface area (Å²) in [6.07, 6.45) is 4.86. The monoisotopic (exact) mass is 413 g/mol. The second kappa shape index (κ2) is 11.3. The van der Waals surface area contributed by atoms with Gasteiger partial charge in [-0.25, -0.2) is 0 Å². The predicted molar refractivity (Wildman–Crippen MR) is 115 cm³/mol. The molecule has 0 aliphatic carbocycles. The second-order valence-corrected chi connectivity index (χ2v) is 11.2. The topological polar surface area (TPSA) is 46.6 Å². The van der Waals surface area contributed by atoms with Crippen LogP contribution in [0.2, 0.25) is 0 Å². The van der Waals surface area contributed by atoms with Crippen molar-refractivity contribution in [1.29, 1.82) is 0 Å². The van der Waals surface area contributed by atoms with E-state index in [0.29, 0.717) is 23.5 Å². The van der Waals surface area contributed by atoms with E-state index >= 15 is 0 Å². The maximum atomic E-state index is 12.3. The molecule has 0 spiro atoms. The molecule has 0 N–H and O–H groups in total. The highest BCUT2D eigenvalue weighted by atomic mass is 32.2. The Morgan fingerprint density at radius 3 is 2.52 bits per heavy atom. The Balaban J connectivity index is 1.75. The summed E-state index contributed by atoms with van der Waals surface area (Å²) in [7, 11) is -1.84. The van der Waals surface area contributed by atoms with Crippen LogP contribution in [0.15, 0.2) is 29.2 Å². The summed E-state index contributed by atoms with van der Waals surface area (Å²) in [6.45, 7) is 9.92. The molecular formula is C21H35NO3S2. The minimum Gasteiger partial charge on any atom is -0.493 e. The molecule has 2 rings (SSSR count). The van der Waals surface area contributed by atoms with Crippen molar-refractivity contribution in [1.82, 2.24) is 4.90 Å². The smallest absolute Gasteiger partial charge is 0.119 e. The van der Waals surface area contributed by atoms with Gasteiger partial charge in [0.05, 0.1) is 17.4 Å². The van der Waals surface area contributed by atoms with Gasteiger partial charge in [-0.15, -0.1) is 0 Å². The number of benzene rings is 1. The average molecular weight is 414 g/mol. The van der Waals surface area contributed by atoms with E-state index in [1.54, 1.807) is 6.26 Å². The van der Waals surface area contributed by atoms with Crippen molar-refractivity contribution in [2.45, 2.75) is 51.0 Å². The predicted octanol–water partition coefficient (Wildman–Crippen LogP) is 3.70. The highest BCUT2D eigenvalue weighted by molar-refractivity contribution is 7.85. The van der Waals surface area contributed by atoms with Crippen LogP contribution in [0.4, 0.5) is 0 Å². The molecule has 0 aromatic heterocycles. The third kappa shape index (κ3) is 8.04. The zero-order valence-corrected chi connectivity index (χ0v) is 18.8. The van der Waals surface area contributed by atoms with Crippen molar-refractivity contribution >= 4 is 21.6 Å². The van der Waals surface area contributed by atoms with Crippen molar-refractivity contribution in [3.05, 3.63) is 24.3 Å². The quantitative estimate of drug-likeness (QED) is 0.555. The van der Waals surface area contributed by atoms with Gasteiger partial charge in [0, 0.05) is 52.0 Å². The molecule has 1 aliphatic rings. The number of rotatable bonds is 11. The number of likely N-dealkylation sites (tertiary alicyclic amines) is 1. The van der Waals surface area contributed by atoms with Gasteiger partial charge in [0.2, 0.25) is 0 Å². The maximum Gasteiger partial charge on any atom is 0.119 e. The van der Waals surface area contributed by atoms with Crippen LogP contribution in [-0.2, 0) is 21.6 Å². The van der Waals surface area contributed by atoms with Gasteiger partial charge in [-0.1, -0.05) is 13.8 Å². The molecular weight excluding hydrogens is 378 g/mol. The van der Waals surface area contributed by atoms with E-state index in [4.69, 9.17) is 4.74 Å². The summed E-state index contributed by atoms with van der Waals surface area (Å²) in [5, 5.41) is 0. The van der Waals surface area contributed by atoms with Crippen molar-refractivity contribution in [2.75, 3.05) is 37.5 Å². The first-order chi connectivity index (χ1) is 12.8. The summed E-state index contributed by atoms with van der Waals surface area (Å²) in [5.74, 6) is 3.35. The third-order valence-electron chi connectivity index (χ3n) is 5.12. The van der Waals surface area contributed by atoms with Crippen LogP contribution >= 0.6 is 0 Å². The first kappa shape index (κ1) is 22.6. The van der Waals surface area contributed by atoms with Gasteiger partial charge in [0.15, 0.2) is 0 Å². The van der Waals surface area contributed by atoms with E-state index in [1.165, 1.54) is 19.4 Å². The molecule has 154 valence electrons. The first-order valence-corrected chi connectivity index (χ1v) is 13.0. The average Bonchev–Trinajstić information content (AvgIpc) is 2.98. The molecule has 4 atom stereocenters. The van der Waals surface area contributed by atoms with E-state index in [2.05, 4.69) is 25.7 Å². The van der Waals surface area contributed by atoms with E-state index in [1.807, 2.05) is 24.3 Å². The zero-order chi connectivity index (χ0) is 19.8. The SMILES string of the molecule is CC(C)CCN1CC(COc2ccc(S(=O)CCCS(C)=O)cc2)CC1C. The molecule has 4 unspecified atom stereocenters. The van der Waals surface area contributed by atoms with Crippen LogP contribution in [0.5, 0.6) is 5.75 Å². The summed E-state index contributed by atoms with van der Waals surface area (Å²) in [5.41, 5.74) is 0. The Labute approximate surface area is 170 Å². The van der Waals surface area contributed by atoms with Crippen LogP contribution in [0, 0.1) is 11.8 Å². The highest BCUT2D eigenvalue weighted by Crippen LogP contribution is 2.25. The number of hydrogen-bond acceptors (Lipinski definition) is 4. The van der Waals surface area contributed by atoms with Gasteiger partial charge in [-0.05, 0) is 62.9 Å². The minimum atomic E-state index is -1.03. The lowest BCUT2D eigenvalue weighted by atomic mass is 10.1. The summed E-state index contributed by atoms with van der Waals surface area (Å²) >= 11 is 0. The van der Waals surface area contributed by atoms with Crippen molar-refractivity contribution in [2.24, 2.45) is 11.8 Å². The Morgan fingerprint density at radius 2 is 1.89 bits per heavy atom. The van der Waals surface area contributed by atoms with Crippen LogP contribution in [-0.4, -0.2) is 56.8 Å². The van der Waals surface area contributed by atoms with Crippen LogP contribution in [0.25, 0.3) is 0 Å². The summed E-state index contributed by atoms with van der Waals surface area (Å²) in [4.78, 5) is 3.41. The van der Waals surface area contributed by atoms with Gasteiger partial charge in [0.1, 0.15) is 5.75 Å². The van der Waals surface area contributed by atoms with Gasteiger partial charge >= 0.3 is 0 Å². The Morgan fingerprint density at radius 1 is 1.19 bits per heavy atom. The standard InChI is InChI=1S/C21H35NO3S2/c1-17(2)10-11-22-15-19(14-18(22)3)16-25-20-6-8-21(9-7-20)27(24)13-5-12-26(4)23/h6-9,17-19H,5,10-16H2,1-4H3. The molecule has 0 saturated carbocycles. The fourth-order valence-corrected chi connectivity index (χ4v) is 5.30. The zero-order valence-electron chi connectivity index (χ0n) is 17.2. The molecule has 1 aromatic rings. The lowest BCUT2D eigenvalue weighted by molar-refractivity contribution is 0.226. The summed E-state index contributed by atoms with van der Waals surface area (Å²) in [6, 6.07) is 8.25. The molecule has 0 radical (unpaired) electrons. The van der Waals surface area contributed by atoms with Crippen LogP contribution < -0.4 is 4.74 Å². The van der Waals surface area contributed by atoms with Gasteiger partial charge < -0.3 is 9.64 Å². The van der Waals surface area contributed by atoms with E-state index < -0.39 is 21.6 Å². The van der Waals surface area contributed by atoms with E-state index in [9.17, 15) is 8.42 Å². The molecule has 0 amide bonds. The molecule has 1 heterocycles. The van der Waals surface area contributed by atoms with E-state index in [0.717, 1.165) is 36.1 Å². The molecule has 1 saturated heterocycles. The van der Waals surface area contributed by atoms with Crippen LogP contribution in [0.1, 0.15) is 40.0 Å².